The van der Waals surface area contributed by atoms with Crippen LogP contribution in [0.15, 0.2) is 78.2 Å². The van der Waals surface area contributed by atoms with Crippen molar-refractivity contribution in [3.63, 3.8) is 0 Å². The van der Waals surface area contributed by atoms with Crippen molar-refractivity contribution in [2.45, 2.75) is 5.92 Å². The molecule has 9 heteroatoms. The monoisotopic (exact) mass is 443 g/mol. The second-order valence-electron chi connectivity index (χ2n) is 7.09. The van der Waals surface area contributed by atoms with Gasteiger partial charge in [0.1, 0.15) is 28.9 Å². The van der Waals surface area contributed by atoms with Gasteiger partial charge < -0.3 is 19.9 Å². The third-order valence-corrected chi connectivity index (χ3v) is 5.14. The number of ether oxygens (including phenoxy) is 3. The van der Waals surface area contributed by atoms with Gasteiger partial charge in [0.05, 0.1) is 23.5 Å². The van der Waals surface area contributed by atoms with Gasteiger partial charge in [0.15, 0.2) is 0 Å². The number of rotatable bonds is 5. The van der Waals surface area contributed by atoms with E-state index >= 15 is 0 Å². The molecule has 0 saturated carbocycles. The van der Waals surface area contributed by atoms with Crippen molar-refractivity contribution in [2.24, 2.45) is 5.73 Å². The van der Waals surface area contributed by atoms with Crippen LogP contribution < -0.4 is 19.9 Å². The van der Waals surface area contributed by atoms with Crippen LogP contribution in [0.5, 0.6) is 17.2 Å². The van der Waals surface area contributed by atoms with Crippen LogP contribution in [-0.2, 0) is 0 Å². The van der Waals surface area contributed by atoms with Crippen molar-refractivity contribution >= 4 is 11.7 Å². The summed E-state index contributed by atoms with van der Waals surface area (Å²) in [6.45, 7) is 0. The van der Waals surface area contributed by atoms with Gasteiger partial charge in [-0.05, 0) is 29.8 Å². The summed E-state index contributed by atoms with van der Waals surface area (Å²) in [4.78, 5) is 23.0. The lowest BCUT2D eigenvalue weighted by Crippen LogP contribution is -2.21. The van der Waals surface area contributed by atoms with Crippen molar-refractivity contribution in [3.8, 4) is 23.3 Å². The van der Waals surface area contributed by atoms with E-state index < -0.39 is 16.8 Å². The number of non-ortho nitro benzene ring substituents is 1. The third-order valence-electron chi connectivity index (χ3n) is 5.14. The zero-order chi connectivity index (χ0) is 23.5. The largest absolute Gasteiger partial charge is 0.497 e. The van der Waals surface area contributed by atoms with E-state index in [0.29, 0.717) is 28.2 Å². The SMILES string of the molecule is COc1cccc(C(=O)Oc2ccc3c(c2)OC(N)=C(C#N)C3c2ccc([N+](=O)[O-])cc2)c1. The molecule has 0 aliphatic carbocycles. The topological polar surface area (TPSA) is 138 Å². The molecule has 3 aromatic rings. The van der Waals surface area contributed by atoms with Gasteiger partial charge in [-0.15, -0.1) is 0 Å². The average molecular weight is 443 g/mol. The molecule has 0 aromatic heterocycles. The minimum absolute atomic E-state index is 0.0682. The van der Waals surface area contributed by atoms with Gasteiger partial charge in [0, 0.05) is 23.8 Å². The Balaban J connectivity index is 1.67. The van der Waals surface area contributed by atoms with E-state index in [2.05, 4.69) is 6.07 Å². The quantitative estimate of drug-likeness (QED) is 0.270. The smallest absolute Gasteiger partial charge is 0.343 e. The van der Waals surface area contributed by atoms with Crippen LogP contribution in [0, 0.1) is 21.4 Å². The fourth-order valence-corrected chi connectivity index (χ4v) is 3.55. The van der Waals surface area contributed by atoms with Gasteiger partial charge in [-0.3, -0.25) is 10.1 Å². The highest BCUT2D eigenvalue weighted by Crippen LogP contribution is 2.43. The molecule has 9 nitrogen and oxygen atoms in total. The summed E-state index contributed by atoms with van der Waals surface area (Å²) in [6, 6.07) is 19.2. The lowest BCUT2D eigenvalue weighted by Gasteiger charge is -2.26. The first-order chi connectivity index (χ1) is 15.9. The molecule has 2 N–H and O–H groups in total. The summed E-state index contributed by atoms with van der Waals surface area (Å²) in [6.07, 6.45) is 0. The third kappa shape index (κ3) is 4.18. The number of nitrogens with zero attached hydrogens (tertiary/aromatic N) is 2. The molecule has 0 spiro atoms. The summed E-state index contributed by atoms with van der Waals surface area (Å²) in [5, 5.41) is 20.6. The van der Waals surface area contributed by atoms with Gasteiger partial charge >= 0.3 is 5.97 Å². The standard InChI is InChI=1S/C24H17N3O6/c1-31-17-4-2-3-15(11-17)24(28)32-18-9-10-19-21(12-18)33-23(26)20(13-25)22(19)14-5-7-16(8-6-14)27(29)30/h2-12,22H,26H2,1H3. The van der Waals surface area contributed by atoms with Crippen LogP contribution >= 0.6 is 0 Å². The number of allylic oxidation sites excluding steroid dienone is 1. The number of esters is 1. The molecular formula is C24H17N3O6. The molecule has 1 aliphatic rings. The van der Waals surface area contributed by atoms with E-state index in [4.69, 9.17) is 19.9 Å². The summed E-state index contributed by atoms with van der Waals surface area (Å²) < 4.78 is 16.2. The van der Waals surface area contributed by atoms with Gasteiger partial charge in [-0.2, -0.15) is 5.26 Å². The van der Waals surface area contributed by atoms with E-state index in [9.17, 15) is 20.2 Å². The number of fused-ring (bicyclic) bond motifs is 1. The number of nitrogens with two attached hydrogens (primary N) is 1. The highest BCUT2D eigenvalue weighted by Gasteiger charge is 2.31. The molecule has 1 aliphatic heterocycles. The number of carbonyl (C=O) groups excluding carboxylic acids is 1. The maximum Gasteiger partial charge on any atom is 0.343 e. The second kappa shape index (κ2) is 8.72. The van der Waals surface area contributed by atoms with Crippen molar-refractivity contribution in [2.75, 3.05) is 7.11 Å². The lowest BCUT2D eigenvalue weighted by atomic mass is 9.83. The molecule has 33 heavy (non-hydrogen) atoms. The van der Waals surface area contributed by atoms with E-state index in [1.165, 1.54) is 25.3 Å². The molecule has 3 aromatic carbocycles. The Morgan fingerprint density at radius 2 is 1.88 bits per heavy atom. The summed E-state index contributed by atoms with van der Waals surface area (Å²) >= 11 is 0. The van der Waals surface area contributed by atoms with Crippen LogP contribution in [0.1, 0.15) is 27.4 Å². The molecule has 164 valence electrons. The van der Waals surface area contributed by atoms with Gasteiger partial charge in [-0.1, -0.05) is 24.3 Å². The Bertz CT molecular complexity index is 1320. The normalized spacial score (nSPS) is 14.5. The van der Waals surface area contributed by atoms with Gasteiger partial charge in [-0.25, -0.2) is 4.79 Å². The minimum atomic E-state index is -0.595. The average Bonchev–Trinajstić information content (AvgIpc) is 2.83. The van der Waals surface area contributed by atoms with Crippen LogP contribution in [0.2, 0.25) is 0 Å². The Hall–Kier alpha value is -4.84. The molecule has 0 saturated heterocycles. The fraction of sp³-hybridized carbons (Fsp3) is 0.0833. The first-order valence-corrected chi connectivity index (χ1v) is 9.73. The highest BCUT2D eigenvalue weighted by atomic mass is 16.6. The predicted molar refractivity (Wildman–Crippen MR) is 117 cm³/mol. The number of hydrogen-bond donors (Lipinski definition) is 1. The molecule has 4 rings (SSSR count). The predicted octanol–water partition coefficient (Wildman–Crippen LogP) is 4.04. The van der Waals surface area contributed by atoms with Crippen LogP contribution in [0.25, 0.3) is 0 Å². The maximum atomic E-state index is 12.5. The number of hydrogen-bond acceptors (Lipinski definition) is 8. The van der Waals surface area contributed by atoms with Crippen molar-refractivity contribution < 1.29 is 23.9 Å². The Morgan fingerprint density at radius 1 is 1.12 bits per heavy atom. The van der Waals surface area contributed by atoms with Crippen molar-refractivity contribution in [1.29, 1.82) is 5.26 Å². The highest BCUT2D eigenvalue weighted by molar-refractivity contribution is 5.91. The molecule has 1 atom stereocenters. The first-order valence-electron chi connectivity index (χ1n) is 9.73. The van der Waals surface area contributed by atoms with Crippen LogP contribution in [0.4, 0.5) is 5.69 Å². The van der Waals surface area contributed by atoms with Crippen LogP contribution in [-0.4, -0.2) is 18.0 Å². The number of benzene rings is 3. The Labute approximate surface area is 188 Å². The van der Waals surface area contributed by atoms with E-state index in [1.807, 2.05) is 0 Å². The molecule has 0 amide bonds. The molecule has 0 fully saturated rings. The second-order valence-corrected chi connectivity index (χ2v) is 7.09. The van der Waals surface area contributed by atoms with Crippen molar-refractivity contribution in [3.05, 3.63) is 105 Å². The van der Waals surface area contributed by atoms with Crippen LogP contribution in [0.3, 0.4) is 0 Å². The lowest BCUT2D eigenvalue weighted by molar-refractivity contribution is -0.384. The summed E-state index contributed by atoms with van der Waals surface area (Å²) in [5.41, 5.74) is 7.65. The van der Waals surface area contributed by atoms with Gasteiger partial charge in [0.25, 0.3) is 5.69 Å². The first kappa shape index (κ1) is 21.4. The molecular weight excluding hydrogens is 426 g/mol. The summed E-state index contributed by atoms with van der Waals surface area (Å²) in [7, 11) is 1.50. The number of nitriles is 1. The van der Waals surface area contributed by atoms with E-state index in [0.717, 1.165) is 0 Å². The minimum Gasteiger partial charge on any atom is -0.497 e. The number of carbonyl (C=O) groups is 1. The maximum absolute atomic E-state index is 12.5. The number of nitro groups is 1. The Kier molecular flexibility index (Phi) is 5.66. The van der Waals surface area contributed by atoms with E-state index in [1.54, 1.807) is 48.5 Å². The zero-order valence-corrected chi connectivity index (χ0v) is 17.3. The molecule has 1 unspecified atom stereocenters. The summed E-state index contributed by atoms with van der Waals surface area (Å²) in [5.74, 6) is -0.223. The van der Waals surface area contributed by atoms with Gasteiger partial charge in [0.2, 0.25) is 5.88 Å². The van der Waals surface area contributed by atoms with Crippen molar-refractivity contribution in [1.82, 2.24) is 0 Å². The molecule has 0 radical (unpaired) electrons. The zero-order valence-electron chi connectivity index (χ0n) is 17.3. The molecule has 0 bridgehead atoms. The fourth-order valence-electron chi connectivity index (χ4n) is 3.55. The molecule has 1 heterocycles. The van der Waals surface area contributed by atoms with E-state index in [-0.39, 0.29) is 22.9 Å². The number of nitro benzene ring substituents is 1. The Morgan fingerprint density at radius 3 is 2.55 bits per heavy atom. The number of methoxy groups -OCH3 is 1.